The molecule has 2 rings (SSSR count). The van der Waals surface area contributed by atoms with Gasteiger partial charge in [-0.05, 0) is 46.4 Å². The zero-order valence-electron chi connectivity index (χ0n) is 16.0. The Kier molecular flexibility index (Phi) is 10.2. The third kappa shape index (κ3) is 7.40. The number of rotatable bonds is 7. The molecule has 25 heavy (non-hydrogen) atoms. The van der Waals surface area contributed by atoms with E-state index in [4.69, 9.17) is 4.99 Å². The van der Waals surface area contributed by atoms with Gasteiger partial charge in [0.2, 0.25) is 0 Å². The van der Waals surface area contributed by atoms with E-state index in [-0.39, 0.29) is 24.0 Å². The van der Waals surface area contributed by atoms with Crippen LogP contribution >= 0.6 is 24.0 Å². The van der Waals surface area contributed by atoms with E-state index in [9.17, 15) is 0 Å². The lowest BCUT2D eigenvalue weighted by Crippen LogP contribution is -2.45. The van der Waals surface area contributed by atoms with Crippen molar-refractivity contribution in [3.63, 3.8) is 0 Å². The van der Waals surface area contributed by atoms with E-state index in [0.29, 0.717) is 12.1 Å². The zero-order chi connectivity index (χ0) is 17.4. The number of nitrogens with zero attached hydrogens (tertiary/aromatic N) is 3. The van der Waals surface area contributed by atoms with Crippen molar-refractivity contribution in [1.82, 2.24) is 15.5 Å². The van der Waals surface area contributed by atoms with Crippen LogP contribution < -0.4 is 15.5 Å². The molecule has 0 amide bonds. The molecule has 1 heterocycles. The Balaban J connectivity index is 0.00000312. The summed E-state index contributed by atoms with van der Waals surface area (Å²) in [6.07, 6.45) is 1.14. The molecule has 142 valence electrons. The van der Waals surface area contributed by atoms with Gasteiger partial charge in [0.1, 0.15) is 0 Å². The quantitative estimate of drug-likeness (QED) is 0.374. The van der Waals surface area contributed by atoms with Crippen LogP contribution in [-0.4, -0.2) is 62.7 Å². The molecule has 1 saturated heterocycles. The number of para-hydroxylation sites is 1. The van der Waals surface area contributed by atoms with Crippen LogP contribution in [0.1, 0.15) is 27.2 Å². The highest BCUT2D eigenvalue weighted by Gasteiger charge is 2.23. The van der Waals surface area contributed by atoms with Gasteiger partial charge in [-0.15, -0.1) is 24.0 Å². The minimum absolute atomic E-state index is 0. The molecular weight excluding hydrogens is 425 g/mol. The second-order valence-corrected chi connectivity index (χ2v) is 6.75. The summed E-state index contributed by atoms with van der Waals surface area (Å²) < 4.78 is 0. The molecule has 0 spiro atoms. The summed E-state index contributed by atoms with van der Waals surface area (Å²) in [4.78, 5) is 9.49. The maximum absolute atomic E-state index is 4.73. The monoisotopic (exact) mass is 459 g/mol. The summed E-state index contributed by atoms with van der Waals surface area (Å²) in [7, 11) is 2.15. The van der Waals surface area contributed by atoms with Crippen LogP contribution in [0.2, 0.25) is 0 Å². The number of likely N-dealkylation sites (N-methyl/N-ethyl adjacent to an activating group) is 1. The highest BCUT2D eigenvalue weighted by Crippen LogP contribution is 2.19. The van der Waals surface area contributed by atoms with Crippen molar-refractivity contribution in [2.45, 2.75) is 39.3 Å². The van der Waals surface area contributed by atoms with E-state index in [1.54, 1.807) is 0 Å². The second-order valence-electron chi connectivity index (χ2n) is 6.75. The number of hydrogen-bond acceptors (Lipinski definition) is 3. The maximum Gasteiger partial charge on any atom is 0.191 e. The number of guanidine groups is 1. The van der Waals surface area contributed by atoms with E-state index < -0.39 is 0 Å². The summed E-state index contributed by atoms with van der Waals surface area (Å²) in [5.41, 5.74) is 1.31. The number of hydrogen-bond donors (Lipinski definition) is 2. The van der Waals surface area contributed by atoms with Gasteiger partial charge in [-0.1, -0.05) is 18.2 Å². The third-order valence-corrected chi connectivity index (χ3v) is 4.60. The molecule has 1 unspecified atom stereocenters. The van der Waals surface area contributed by atoms with Gasteiger partial charge in [0.15, 0.2) is 5.96 Å². The molecule has 1 aliphatic rings. The van der Waals surface area contributed by atoms with Crippen molar-refractivity contribution in [1.29, 1.82) is 0 Å². The minimum Gasteiger partial charge on any atom is -0.369 e. The fourth-order valence-corrected chi connectivity index (χ4v) is 2.84. The smallest absolute Gasteiger partial charge is 0.191 e. The predicted octanol–water partition coefficient (Wildman–Crippen LogP) is 2.78. The van der Waals surface area contributed by atoms with Gasteiger partial charge in [0, 0.05) is 44.0 Å². The first kappa shape index (κ1) is 22.0. The molecule has 0 radical (unpaired) electrons. The molecule has 1 fully saturated rings. The van der Waals surface area contributed by atoms with Crippen molar-refractivity contribution >= 4 is 35.6 Å². The molecule has 0 aromatic heterocycles. The zero-order valence-corrected chi connectivity index (χ0v) is 18.4. The lowest BCUT2D eigenvalue weighted by Gasteiger charge is -2.21. The Labute approximate surface area is 170 Å². The summed E-state index contributed by atoms with van der Waals surface area (Å²) in [5.74, 6) is 0.939. The molecule has 1 aromatic rings. The SMILES string of the molecule is CCNC(=NCCN(C)C(C)C)NC1CCN(c2ccccc2)C1.I. The van der Waals surface area contributed by atoms with Crippen molar-refractivity contribution in [3.8, 4) is 0 Å². The van der Waals surface area contributed by atoms with Crippen LogP contribution in [0, 0.1) is 0 Å². The van der Waals surface area contributed by atoms with E-state index in [1.807, 2.05) is 0 Å². The summed E-state index contributed by atoms with van der Waals surface area (Å²) in [6.45, 7) is 11.3. The number of benzene rings is 1. The average Bonchev–Trinajstić information content (AvgIpc) is 3.04. The Bertz CT molecular complexity index is 506. The second kappa shape index (κ2) is 11.6. The van der Waals surface area contributed by atoms with E-state index in [1.165, 1.54) is 5.69 Å². The fraction of sp³-hybridized carbons (Fsp3) is 0.632. The van der Waals surface area contributed by atoms with Crippen molar-refractivity contribution in [2.75, 3.05) is 44.7 Å². The molecule has 1 atom stereocenters. The van der Waals surface area contributed by atoms with Gasteiger partial charge < -0.3 is 20.4 Å². The first-order valence-electron chi connectivity index (χ1n) is 9.15. The topological polar surface area (TPSA) is 42.9 Å². The van der Waals surface area contributed by atoms with Gasteiger partial charge in [0.25, 0.3) is 0 Å². The molecule has 1 aromatic carbocycles. The fourth-order valence-electron chi connectivity index (χ4n) is 2.84. The standard InChI is InChI=1S/C19H33N5.HI/c1-5-20-19(21-12-14-23(4)16(2)3)22-17-11-13-24(15-17)18-9-7-6-8-10-18;/h6-10,16-17H,5,11-15H2,1-4H3,(H2,20,21,22);1H. The summed E-state index contributed by atoms with van der Waals surface area (Å²) in [6, 6.07) is 11.7. The Morgan fingerprint density at radius 1 is 1.32 bits per heavy atom. The Morgan fingerprint density at radius 2 is 2.04 bits per heavy atom. The number of nitrogens with one attached hydrogen (secondary N) is 2. The Hall–Kier alpha value is -1.02. The molecule has 0 saturated carbocycles. The molecule has 6 heteroatoms. The summed E-state index contributed by atoms with van der Waals surface area (Å²) >= 11 is 0. The largest absolute Gasteiger partial charge is 0.369 e. The van der Waals surface area contributed by atoms with Gasteiger partial charge in [-0.3, -0.25) is 4.99 Å². The molecule has 2 N–H and O–H groups in total. The maximum atomic E-state index is 4.73. The van der Waals surface area contributed by atoms with Crippen molar-refractivity contribution in [2.24, 2.45) is 4.99 Å². The van der Waals surface area contributed by atoms with E-state index in [0.717, 1.165) is 45.1 Å². The number of halogens is 1. The van der Waals surface area contributed by atoms with Crippen LogP contribution in [0.4, 0.5) is 5.69 Å². The van der Waals surface area contributed by atoms with Crippen LogP contribution in [0.15, 0.2) is 35.3 Å². The van der Waals surface area contributed by atoms with Crippen LogP contribution in [0.25, 0.3) is 0 Å². The van der Waals surface area contributed by atoms with Crippen LogP contribution in [0.3, 0.4) is 0 Å². The van der Waals surface area contributed by atoms with E-state index >= 15 is 0 Å². The molecule has 1 aliphatic heterocycles. The number of anilines is 1. The van der Waals surface area contributed by atoms with Gasteiger partial charge in [-0.25, -0.2) is 0 Å². The third-order valence-electron chi connectivity index (χ3n) is 4.60. The van der Waals surface area contributed by atoms with Crippen molar-refractivity contribution in [3.05, 3.63) is 30.3 Å². The Morgan fingerprint density at radius 3 is 2.68 bits per heavy atom. The molecular formula is C19H34IN5. The molecule has 0 aliphatic carbocycles. The first-order valence-corrected chi connectivity index (χ1v) is 9.15. The molecule has 5 nitrogen and oxygen atoms in total. The first-order chi connectivity index (χ1) is 11.6. The normalized spacial score (nSPS) is 17.8. The lowest BCUT2D eigenvalue weighted by molar-refractivity contribution is 0.282. The number of aliphatic imine (C=N–C) groups is 1. The van der Waals surface area contributed by atoms with Gasteiger partial charge >= 0.3 is 0 Å². The highest BCUT2D eigenvalue weighted by molar-refractivity contribution is 14.0. The average molecular weight is 459 g/mol. The highest BCUT2D eigenvalue weighted by atomic mass is 127. The van der Waals surface area contributed by atoms with Crippen molar-refractivity contribution < 1.29 is 0 Å². The van der Waals surface area contributed by atoms with Crippen LogP contribution in [-0.2, 0) is 0 Å². The predicted molar refractivity (Wildman–Crippen MR) is 119 cm³/mol. The lowest BCUT2D eigenvalue weighted by atomic mass is 10.3. The molecule has 0 bridgehead atoms. The van der Waals surface area contributed by atoms with Crippen LogP contribution in [0.5, 0.6) is 0 Å². The van der Waals surface area contributed by atoms with Gasteiger partial charge in [-0.2, -0.15) is 0 Å². The minimum atomic E-state index is 0. The van der Waals surface area contributed by atoms with Gasteiger partial charge in [0.05, 0.1) is 6.54 Å². The summed E-state index contributed by atoms with van der Waals surface area (Å²) in [5, 5.41) is 6.97. The van der Waals surface area contributed by atoms with E-state index in [2.05, 4.69) is 78.6 Å².